The van der Waals surface area contributed by atoms with Crippen molar-refractivity contribution in [3.8, 4) is 0 Å². The topological polar surface area (TPSA) is 86.2 Å². The van der Waals surface area contributed by atoms with Crippen molar-refractivity contribution < 1.29 is 9.59 Å². The first-order valence-corrected chi connectivity index (χ1v) is 4.61. The molecule has 0 aromatic carbocycles. The number of hydrogen-bond donors (Lipinski definition) is 2. The molecule has 0 radical (unpaired) electrons. The average molecular weight is 214 g/mol. The lowest BCUT2D eigenvalue weighted by molar-refractivity contribution is -0.115. The number of carbonyl (C=O) groups is 2. The maximum absolute atomic E-state index is 9.82. The molecule has 0 atom stereocenters. The molecule has 4 nitrogen and oxygen atoms in total. The van der Waals surface area contributed by atoms with Crippen LogP contribution in [-0.2, 0) is 9.59 Å². The highest BCUT2D eigenvalue weighted by Crippen LogP contribution is 1.78. The second kappa shape index (κ2) is 12.4. The summed E-state index contributed by atoms with van der Waals surface area (Å²) in [5.41, 5.74) is 10.2. The highest BCUT2D eigenvalue weighted by molar-refractivity contribution is 5.90. The van der Waals surface area contributed by atoms with Crippen LogP contribution in [-0.4, -0.2) is 11.8 Å². The van der Waals surface area contributed by atoms with Crippen LogP contribution in [0.1, 0.15) is 34.1 Å². The minimum atomic E-state index is -0.435. The number of carbonyl (C=O) groups excluding carboxylic acids is 2. The molecule has 0 spiro atoms. The van der Waals surface area contributed by atoms with Crippen molar-refractivity contribution >= 4 is 11.8 Å². The molecule has 0 saturated heterocycles. The molecule has 0 fully saturated rings. The molecule has 0 rings (SSSR count). The van der Waals surface area contributed by atoms with Gasteiger partial charge in [-0.25, -0.2) is 0 Å². The molecule has 0 aromatic rings. The highest BCUT2D eigenvalue weighted by atomic mass is 16.1. The van der Waals surface area contributed by atoms with Crippen molar-refractivity contribution in [2.75, 3.05) is 0 Å². The number of nitrogens with two attached hydrogens (primary N) is 2. The zero-order valence-corrected chi connectivity index (χ0v) is 10.1. The Morgan fingerprint density at radius 3 is 1.00 bits per heavy atom. The largest absolute Gasteiger partial charge is 0.366 e. The van der Waals surface area contributed by atoms with Crippen molar-refractivity contribution in [3.05, 3.63) is 24.3 Å². The SMILES string of the molecule is C=C(C)C(N)=O.C=C(C)C(N)=O.CCC. The molecule has 0 aliphatic heterocycles. The van der Waals surface area contributed by atoms with E-state index in [4.69, 9.17) is 11.5 Å². The predicted molar refractivity (Wildman–Crippen MR) is 64.0 cm³/mol. The van der Waals surface area contributed by atoms with Gasteiger partial charge < -0.3 is 11.5 Å². The summed E-state index contributed by atoms with van der Waals surface area (Å²) in [5.74, 6) is -0.870. The third-order valence-electron chi connectivity index (χ3n) is 0.841. The Kier molecular flexibility index (Phi) is 15.8. The Hall–Kier alpha value is -1.58. The van der Waals surface area contributed by atoms with E-state index in [1.165, 1.54) is 6.42 Å². The Balaban J connectivity index is -0.000000153. The molecular weight excluding hydrogens is 192 g/mol. The second-order valence-electron chi connectivity index (χ2n) is 3.00. The minimum Gasteiger partial charge on any atom is -0.366 e. The quantitative estimate of drug-likeness (QED) is 0.683. The van der Waals surface area contributed by atoms with E-state index < -0.39 is 11.8 Å². The third kappa shape index (κ3) is 32.7. The Morgan fingerprint density at radius 1 is 0.933 bits per heavy atom. The molecule has 4 N–H and O–H groups in total. The summed E-state index contributed by atoms with van der Waals surface area (Å²) in [7, 11) is 0. The van der Waals surface area contributed by atoms with E-state index in [-0.39, 0.29) is 0 Å². The van der Waals surface area contributed by atoms with Crippen LogP contribution in [0, 0.1) is 0 Å². The first kappa shape index (κ1) is 19.1. The van der Waals surface area contributed by atoms with Crippen LogP contribution in [0.5, 0.6) is 0 Å². The highest BCUT2D eigenvalue weighted by Gasteiger charge is 1.87. The Bertz CT molecular complexity index is 185. The van der Waals surface area contributed by atoms with Gasteiger partial charge in [0.25, 0.3) is 0 Å². The zero-order valence-electron chi connectivity index (χ0n) is 10.1. The first-order valence-electron chi connectivity index (χ1n) is 4.61. The predicted octanol–water partition coefficient (Wildman–Crippen LogP) is 1.51. The van der Waals surface area contributed by atoms with E-state index in [9.17, 15) is 9.59 Å². The maximum Gasteiger partial charge on any atom is 0.243 e. The van der Waals surface area contributed by atoms with Gasteiger partial charge in [0.05, 0.1) is 0 Å². The van der Waals surface area contributed by atoms with Gasteiger partial charge in [0.1, 0.15) is 0 Å². The monoisotopic (exact) mass is 214 g/mol. The average Bonchev–Trinajstić information content (AvgIpc) is 2.06. The van der Waals surface area contributed by atoms with E-state index in [1.54, 1.807) is 13.8 Å². The number of rotatable bonds is 2. The number of primary amides is 2. The molecule has 0 bridgehead atoms. The van der Waals surface area contributed by atoms with Crippen LogP contribution in [0.4, 0.5) is 0 Å². The fourth-order valence-electron chi connectivity index (χ4n) is 0. The fraction of sp³-hybridized carbons (Fsp3) is 0.455. The fourth-order valence-corrected chi connectivity index (χ4v) is 0. The van der Waals surface area contributed by atoms with Crippen LogP contribution >= 0.6 is 0 Å². The van der Waals surface area contributed by atoms with Gasteiger partial charge in [-0.05, 0) is 13.8 Å². The molecule has 0 heterocycles. The Labute approximate surface area is 92.0 Å². The van der Waals surface area contributed by atoms with E-state index >= 15 is 0 Å². The van der Waals surface area contributed by atoms with Gasteiger partial charge in [0.15, 0.2) is 0 Å². The molecule has 0 aliphatic carbocycles. The van der Waals surface area contributed by atoms with Crippen molar-refractivity contribution in [2.24, 2.45) is 11.5 Å². The summed E-state index contributed by atoms with van der Waals surface area (Å²) >= 11 is 0. The van der Waals surface area contributed by atoms with Crippen molar-refractivity contribution in [1.29, 1.82) is 0 Å². The van der Waals surface area contributed by atoms with E-state index in [1.807, 2.05) is 0 Å². The van der Waals surface area contributed by atoms with Gasteiger partial charge in [-0.1, -0.05) is 33.4 Å². The molecule has 0 aromatic heterocycles. The van der Waals surface area contributed by atoms with E-state index in [0.29, 0.717) is 11.1 Å². The molecule has 0 saturated carbocycles. The summed E-state index contributed by atoms with van der Waals surface area (Å²) in [6.07, 6.45) is 1.25. The van der Waals surface area contributed by atoms with Crippen molar-refractivity contribution in [3.63, 3.8) is 0 Å². The molecule has 0 aliphatic rings. The van der Waals surface area contributed by atoms with Gasteiger partial charge >= 0.3 is 0 Å². The van der Waals surface area contributed by atoms with Crippen LogP contribution in [0.3, 0.4) is 0 Å². The lowest BCUT2D eigenvalue weighted by Gasteiger charge is -1.81. The van der Waals surface area contributed by atoms with Gasteiger partial charge in [-0.3, -0.25) is 9.59 Å². The molecular formula is C11H22N2O2. The normalized spacial score (nSPS) is 7.20. The van der Waals surface area contributed by atoms with Gasteiger partial charge in [-0.2, -0.15) is 0 Å². The summed E-state index contributed by atoms with van der Waals surface area (Å²) in [6.45, 7) is 14.0. The first-order chi connectivity index (χ1) is 6.70. The van der Waals surface area contributed by atoms with Gasteiger partial charge in [0, 0.05) is 11.1 Å². The van der Waals surface area contributed by atoms with Crippen molar-refractivity contribution in [1.82, 2.24) is 0 Å². The second-order valence-corrected chi connectivity index (χ2v) is 3.00. The summed E-state index contributed by atoms with van der Waals surface area (Å²) < 4.78 is 0. The standard InChI is InChI=1S/2C4H7NO.C3H8/c2*1-3(2)4(5)6;1-3-2/h2*1H2,2H3,(H2,5,6);3H2,1-2H3. The van der Waals surface area contributed by atoms with Gasteiger partial charge in [-0.15, -0.1) is 0 Å². The maximum atomic E-state index is 9.82. The zero-order chi connectivity index (χ0) is 13.0. The molecule has 0 unspecified atom stereocenters. The summed E-state index contributed by atoms with van der Waals surface area (Å²) in [6, 6.07) is 0. The molecule has 88 valence electrons. The lowest BCUT2D eigenvalue weighted by Crippen LogP contribution is -2.10. The minimum absolute atomic E-state index is 0.398. The van der Waals surface area contributed by atoms with Crippen LogP contribution in [0.2, 0.25) is 0 Å². The van der Waals surface area contributed by atoms with Crippen molar-refractivity contribution in [2.45, 2.75) is 34.1 Å². The van der Waals surface area contributed by atoms with Gasteiger partial charge in [0.2, 0.25) is 11.8 Å². The molecule has 15 heavy (non-hydrogen) atoms. The summed E-state index contributed by atoms with van der Waals surface area (Å²) in [5, 5.41) is 0. The van der Waals surface area contributed by atoms with Crippen LogP contribution < -0.4 is 11.5 Å². The smallest absolute Gasteiger partial charge is 0.243 e. The van der Waals surface area contributed by atoms with E-state index in [0.717, 1.165) is 0 Å². The van der Waals surface area contributed by atoms with Crippen LogP contribution in [0.15, 0.2) is 24.3 Å². The third-order valence-corrected chi connectivity index (χ3v) is 0.841. The number of amides is 2. The number of hydrogen-bond acceptors (Lipinski definition) is 2. The lowest BCUT2D eigenvalue weighted by atomic mass is 10.3. The molecule has 2 amide bonds. The van der Waals surface area contributed by atoms with E-state index in [2.05, 4.69) is 27.0 Å². The summed E-state index contributed by atoms with van der Waals surface area (Å²) in [4.78, 5) is 19.6. The Morgan fingerprint density at radius 2 is 1.00 bits per heavy atom. The van der Waals surface area contributed by atoms with Crippen LogP contribution in [0.25, 0.3) is 0 Å². The molecule has 4 heteroatoms.